The van der Waals surface area contributed by atoms with Crippen LogP contribution in [0, 0.1) is 24.8 Å². The molecule has 0 aliphatic rings. The predicted octanol–water partition coefficient (Wildman–Crippen LogP) is 1.20. The Morgan fingerprint density at radius 2 is 1.70 bits per heavy atom. The molecule has 0 radical (unpaired) electrons. The van der Waals surface area contributed by atoms with E-state index in [1.165, 1.54) is 0 Å². The van der Waals surface area contributed by atoms with Gasteiger partial charge in [0.25, 0.3) is 5.95 Å². The molecule has 1 heterocycles. The maximum absolute atomic E-state index is 12.2. The number of aromatic nitrogens is 2. The SMILES string of the molecule is Cc1nc(F)nc(F)c1F. The van der Waals surface area contributed by atoms with Crippen molar-refractivity contribution < 1.29 is 13.2 Å². The van der Waals surface area contributed by atoms with Gasteiger partial charge in [0.1, 0.15) is 0 Å². The quantitative estimate of drug-likeness (QED) is 0.408. The molecule has 1 aromatic heterocycles. The van der Waals surface area contributed by atoms with E-state index in [1.54, 1.807) is 0 Å². The maximum atomic E-state index is 12.2. The number of nitrogens with zero attached hydrogens (tertiary/aromatic N) is 2. The molecule has 54 valence electrons. The van der Waals surface area contributed by atoms with Gasteiger partial charge in [-0.15, -0.1) is 0 Å². The Labute approximate surface area is 54.7 Å². The van der Waals surface area contributed by atoms with E-state index in [9.17, 15) is 13.2 Å². The summed E-state index contributed by atoms with van der Waals surface area (Å²) < 4.78 is 36.3. The number of hydrogen-bond donors (Lipinski definition) is 0. The average Bonchev–Trinajstić information content (AvgIpc) is 1.82. The Balaban J connectivity index is 3.31. The highest BCUT2D eigenvalue weighted by molar-refractivity contribution is 5.00. The summed E-state index contributed by atoms with van der Waals surface area (Å²) in [5.41, 5.74) is -0.329. The molecule has 0 saturated carbocycles. The minimum atomic E-state index is -1.45. The fraction of sp³-hybridized carbons (Fsp3) is 0.200. The van der Waals surface area contributed by atoms with Gasteiger partial charge >= 0.3 is 6.08 Å². The van der Waals surface area contributed by atoms with Crippen LogP contribution in [-0.2, 0) is 0 Å². The Kier molecular flexibility index (Phi) is 1.57. The normalized spacial score (nSPS) is 10.0. The average molecular weight is 148 g/mol. The van der Waals surface area contributed by atoms with Crippen LogP contribution < -0.4 is 0 Å². The molecule has 0 N–H and O–H groups in total. The number of halogens is 3. The summed E-state index contributed by atoms with van der Waals surface area (Å²) in [7, 11) is 0. The predicted molar refractivity (Wildman–Crippen MR) is 26.6 cm³/mol. The second kappa shape index (κ2) is 2.24. The molecule has 0 unspecified atom stereocenters. The Hall–Kier alpha value is -1.13. The zero-order chi connectivity index (χ0) is 7.72. The third-order valence-corrected chi connectivity index (χ3v) is 0.949. The van der Waals surface area contributed by atoms with Gasteiger partial charge in [-0.05, 0) is 6.92 Å². The first-order valence-electron chi connectivity index (χ1n) is 2.46. The summed E-state index contributed by atoms with van der Waals surface area (Å²) in [5, 5.41) is 0. The Morgan fingerprint density at radius 1 is 1.10 bits per heavy atom. The molecule has 0 aliphatic heterocycles. The van der Waals surface area contributed by atoms with Gasteiger partial charge in [0.2, 0.25) is 0 Å². The second-order valence-corrected chi connectivity index (χ2v) is 1.68. The summed E-state index contributed by atoms with van der Waals surface area (Å²) in [4.78, 5) is 5.46. The molecule has 1 aromatic rings. The van der Waals surface area contributed by atoms with E-state index in [2.05, 4.69) is 9.97 Å². The third kappa shape index (κ3) is 1.07. The lowest BCUT2D eigenvalue weighted by Gasteiger charge is -1.93. The fourth-order valence-electron chi connectivity index (χ4n) is 0.492. The van der Waals surface area contributed by atoms with Crippen LogP contribution in [-0.4, -0.2) is 9.97 Å². The van der Waals surface area contributed by atoms with Crippen molar-refractivity contribution in [3.05, 3.63) is 23.5 Å². The van der Waals surface area contributed by atoms with Gasteiger partial charge in [0, 0.05) is 0 Å². The highest BCUT2D eigenvalue weighted by Gasteiger charge is 2.09. The van der Waals surface area contributed by atoms with Crippen molar-refractivity contribution >= 4 is 0 Å². The van der Waals surface area contributed by atoms with Crippen molar-refractivity contribution in [1.29, 1.82) is 0 Å². The van der Waals surface area contributed by atoms with Crippen molar-refractivity contribution in [2.45, 2.75) is 6.92 Å². The molecule has 1 rings (SSSR count). The minimum Gasteiger partial charge on any atom is -0.204 e. The molecular formula is C5H3F3N2. The van der Waals surface area contributed by atoms with Crippen molar-refractivity contribution in [3.8, 4) is 0 Å². The van der Waals surface area contributed by atoms with Gasteiger partial charge in [0.15, 0.2) is 5.82 Å². The molecule has 10 heavy (non-hydrogen) atoms. The molecule has 0 spiro atoms. The van der Waals surface area contributed by atoms with Gasteiger partial charge in [-0.3, -0.25) is 0 Å². The topological polar surface area (TPSA) is 25.8 Å². The lowest BCUT2D eigenvalue weighted by atomic mass is 10.4. The van der Waals surface area contributed by atoms with Crippen LogP contribution in [0.25, 0.3) is 0 Å². The van der Waals surface area contributed by atoms with Crippen molar-refractivity contribution in [1.82, 2.24) is 9.97 Å². The molecule has 0 fully saturated rings. The molecule has 0 bridgehead atoms. The van der Waals surface area contributed by atoms with Gasteiger partial charge < -0.3 is 0 Å². The lowest BCUT2D eigenvalue weighted by Crippen LogP contribution is -2.00. The van der Waals surface area contributed by atoms with Gasteiger partial charge in [-0.25, -0.2) is 4.98 Å². The Morgan fingerprint density at radius 3 is 2.20 bits per heavy atom. The van der Waals surface area contributed by atoms with E-state index in [1.807, 2.05) is 0 Å². The van der Waals surface area contributed by atoms with Gasteiger partial charge in [0.05, 0.1) is 5.69 Å². The van der Waals surface area contributed by atoms with Crippen LogP contribution >= 0.6 is 0 Å². The summed E-state index contributed by atoms with van der Waals surface area (Å²) >= 11 is 0. The number of aryl methyl sites for hydroxylation is 1. The maximum Gasteiger partial charge on any atom is 0.311 e. The molecule has 0 atom stereocenters. The summed E-state index contributed by atoms with van der Waals surface area (Å²) in [6, 6.07) is 0. The smallest absolute Gasteiger partial charge is 0.204 e. The zero-order valence-electron chi connectivity index (χ0n) is 5.03. The molecule has 2 nitrogen and oxygen atoms in total. The van der Waals surface area contributed by atoms with Crippen LogP contribution in [0.5, 0.6) is 0 Å². The molecular weight excluding hydrogens is 145 g/mol. The zero-order valence-corrected chi connectivity index (χ0v) is 5.03. The number of rotatable bonds is 0. The van der Waals surface area contributed by atoms with E-state index in [4.69, 9.17) is 0 Å². The molecule has 0 aromatic carbocycles. The lowest BCUT2D eigenvalue weighted by molar-refractivity contribution is 0.419. The van der Waals surface area contributed by atoms with E-state index < -0.39 is 17.8 Å². The van der Waals surface area contributed by atoms with Crippen LogP contribution in [0.1, 0.15) is 5.69 Å². The van der Waals surface area contributed by atoms with E-state index in [0.717, 1.165) is 6.92 Å². The number of hydrogen-bond acceptors (Lipinski definition) is 2. The monoisotopic (exact) mass is 148 g/mol. The largest absolute Gasteiger partial charge is 0.311 e. The minimum absolute atomic E-state index is 0.329. The summed E-state index contributed by atoms with van der Waals surface area (Å²) in [6.07, 6.45) is -1.25. The van der Waals surface area contributed by atoms with Crippen molar-refractivity contribution in [2.75, 3.05) is 0 Å². The van der Waals surface area contributed by atoms with E-state index in [-0.39, 0.29) is 5.69 Å². The summed E-state index contributed by atoms with van der Waals surface area (Å²) in [6.45, 7) is 1.16. The summed E-state index contributed by atoms with van der Waals surface area (Å²) in [5.74, 6) is -2.66. The van der Waals surface area contributed by atoms with Crippen LogP contribution in [0.4, 0.5) is 13.2 Å². The van der Waals surface area contributed by atoms with Crippen molar-refractivity contribution in [3.63, 3.8) is 0 Å². The van der Waals surface area contributed by atoms with Crippen LogP contribution in [0.3, 0.4) is 0 Å². The fourth-order valence-corrected chi connectivity index (χ4v) is 0.492. The van der Waals surface area contributed by atoms with E-state index >= 15 is 0 Å². The molecule has 5 heteroatoms. The Bertz CT molecular complexity index is 238. The molecule has 0 amide bonds. The first kappa shape index (κ1) is 6.98. The third-order valence-electron chi connectivity index (χ3n) is 0.949. The van der Waals surface area contributed by atoms with Crippen LogP contribution in [0.15, 0.2) is 0 Å². The van der Waals surface area contributed by atoms with Crippen molar-refractivity contribution in [2.24, 2.45) is 0 Å². The first-order valence-corrected chi connectivity index (χ1v) is 2.46. The molecule has 0 saturated heterocycles. The van der Waals surface area contributed by atoms with Gasteiger partial charge in [-0.2, -0.15) is 18.2 Å². The van der Waals surface area contributed by atoms with Crippen LogP contribution in [0.2, 0.25) is 0 Å². The highest BCUT2D eigenvalue weighted by atomic mass is 19.2. The second-order valence-electron chi connectivity index (χ2n) is 1.68. The van der Waals surface area contributed by atoms with Gasteiger partial charge in [-0.1, -0.05) is 0 Å². The van der Waals surface area contributed by atoms with E-state index in [0.29, 0.717) is 0 Å². The molecule has 0 aliphatic carbocycles. The highest BCUT2D eigenvalue weighted by Crippen LogP contribution is 2.04. The standard InChI is InChI=1S/C5H3F3N2/c1-2-3(6)4(7)10-5(8)9-2/h1H3. The first-order chi connectivity index (χ1) is 4.61.